The van der Waals surface area contributed by atoms with Gasteiger partial charge in [0.1, 0.15) is 35.6 Å². The number of aliphatic hydroxyl groups excluding tert-OH is 2. The van der Waals surface area contributed by atoms with Gasteiger partial charge >= 0.3 is 0 Å². The van der Waals surface area contributed by atoms with Crippen molar-refractivity contribution in [2.45, 2.75) is 75.3 Å². The normalized spacial score (nSPS) is 24.4. The summed E-state index contributed by atoms with van der Waals surface area (Å²) in [5, 5.41) is 60.7. The van der Waals surface area contributed by atoms with E-state index < -0.39 is 107 Å². The second kappa shape index (κ2) is 17.9. The highest BCUT2D eigenvalue weighted by Gasteiger charge is 2.50. The highest BCUT2D eigenvalue weighted by molar-refractivity contribution is 6.31. The Hall–Kier alpha value is -4.53. The van der Waals surface area contributed by atoms with E-state index in [1.54, 1.807) is 0 Å². The molecule has 1 unspecified atom stereocenters. The summed E-state index contributed by atoms with van der Waals surface area (Å²) in [7, 11) is 1.30. The number of hydrogen-bond donors (Lipinski definition) is 8. The number of carbonyl (C=O) groups is 5. The zero-order valence-corrected chi connectivity index (χ0v) is 30.5. The number of nitrogens with one attached hydrogen (secondary N) is 2. The number of phenolic OH excluding ortho intramolecular Hbond substituents is 2. The smallest absolute Gasteiger partial charge is 0.220 e. The van der Waals surface area contributed by atoms with Crippen LogP contribution in [0.1, 0.15) is 81.7 Å². The van der Waals surface area contributed by atoms with E-state index in [0.29, 0.717) is 26.4 Å². The molecule has 300 valence electrons. The molecule has 2 aromatic rings. The summed E-state index contributed by atoms with van der Waals surface area (Å²) < 4.78 is 27.9. The minimum absolute atomic E-state index is 0.0523. The highest BCUT2D eigenvalue weighted by Crippen LogP contribution is 2.52. The van der Waals surface area contributed by atoms with Crippen LogP contribution in [0.4, 0.5) is 0 Å². The molecule has 2 aromatic carbocycles. The van der Waals surface area contributed by atoms with Gasteiger partial charge in [-0.1, -0.05) is 12.1 Å². The quantitative estimate of drug-likeness (QED) is 0.0606. The van der Waals surface area contributed by atoms with E-state index in [2.05, 4.69) is 10.6 Å². The molecule has 2 aliphatic carbocycles. The molecule has 18 heteroatoms. The number of carbonyl (C=O) groups excluding carboxylic acids is 5. The minimum atomic E-state index is -2.35. The maximum Gasteiger partial charge on any atom is 0.220 e. The largest absolute Gasteiger partial charge is 0.507 e. The van der Waals surface area contributed by atoms with Crippen LogP contribution in [-0.4, -0.2) is 138 Å². The molecule has 0 aromatic heterocycles. The summed E-state index contributed by atoms with van der Waals surface area (Å²) in [6.45, 7) is 2.41. The molecule has 1 heterocycles. The molecule has 1 aliphatic heterocycles. The Balaban J connectivity index is 1.32. The number of phenols is 2. The van der Waals surface area contributed by atoms with Crippen molar-refractivity contribution in [1.82, 2.24) is 10.6 Å². The molecule has 0 bridgehead atoms. The van der Waals surface area contributed by atoms with Gasteiger partial charge in [0.25, 0.3) is 0 Å². The third-order valence-electron chi connectivity index (χ3n) is 9.89. The molecule has 1 fully saturated rings. The zero-order chi connectivity index (χ0) is 40.0. The summed E-state index contributed by atoms with van der Waals surface area (Å²) in [6.07, 6.45) is -6.70. The number of benzene rings is 2. The lowest BCUT2D eigenvalue weighted by atomic mass is 9.72. The summed E-state index contributed by atoms with van der Waals surface area (Å²) in [5.74, 6) is -5.09. The van der Waals surface area contributed by atoms with Crippen molar-refractivity contribution in [3.05, 3.63) is 51.6 Å². The first kappa shape index (κ1) is 41.6. The predicted octanol–water partition coefficient (Wildman–Crippen LogP) is -0.953. The molecule has 6 atom stereocenters. The molecule has 0 saturated carbocycles. The number of hydrogen-bond acceptors (Lipinski definition) is 16. The molecular weight excluding hydrogens is 726 g/mol. The fraction of sp³-hybridized carbons (Fsp3) is 0.541. The van der Waals surface area contributed by atoms with Crippen LogP contribution in [-0.2, 0) is 39.8 Å². The van der Waals surface area contributed by atoms with E-state index in [0.717, 1.165) is 0 Å². The van der Waals surface area contributed by atoms with Gasteiger partial charge in [-0.15, -0.1) is 0 Å². The third kappa shape index (κ3) is 8.81. The Morgan fingerprint density at radius 1 is 0.982 bits per heavy atom. The van der Waals surface area contributed by atoms with Gasteiger partial charge in [-0.25, -0.2) is 0 Å². The number of aromatic hydroxyl groups is 2. The Kier molecular flexibility index (Phi) is 13.6. The van der Waals surface area contributed by atoms with E-state index in [1.807, 2.05) is 0 Å². The minimum Gasteiger partial charge on any atom is -0.507 e. The number of rotatable bonds is 17. The fourth-order valence-corrected chi connectivity index (χ4v) is 7.12. The Bertz CT molecular complexity index is 1800. The van der Waals surface area contributed by atoms with Crippen molar-refractivity contribution in [3.63, 3.8) is 0 Å². The topological polar surface area (TPSA) is 283 Å². The second-order valence-electron chi connectivity index (χ2n) is 13.5. The zero-order valence-electron chi connectivity index (χ0n) is 30.5. The molecule has 0 radical (unpaired) electrons. The Morgan fingerprint density at radius 3 is 2.36 bits per heavy atom. The standard InChI is InChI=1S/C37H47N3O15/c1-18-32(45)21(40-26(44)7-6-25(43)39-9-11-53-13-12-52-10-8-38)14-27(54-18)55-23-16-37(50,24(42)17-41)15-20-29(23)36(49)31-30(34(20)47)33(46)19-4-3-5-22(51-2)28(19)35(31)48/h3-5,18,21,23,27,32,41,45,47,49-50H,6-17,38H2,1-2H3,(H,39,43)(H,40,44)/t18-,21-,23-,27?,32+,37-/m0/s1. The Morgan fingerprint density at radius 2 is 1.67 bits per heavy atom. The first-order valence-electron chi connectivity index (χ1n) is 17.9. The SMILES string of the molecule is COc1cccc2c1C(=O)c1c(O)c3c(c(O)c1C2=O)C[C@@](O)(C(=O)CO)C[C@@H]3OC1C[C@H](NC(=O)CCC(=O)NCCOCCOCCN)[C@H](O)[C@H](C)O1. The van der Waals surface area contributed by atoms with Gasteiger partial charge < -0.3 is 65.6 Å². The lowest BCUT2D eigenvalue weighted by Gasteiger charge is -2.43. The summed E-state index contributed by atoms with van der Waals surface area (Å²) in [5.41, 5.74) is 1.21. The first-order valence-corrected chi connectivity index (χ1v) is 17.9. The molecule has 0 spiro atoms. The molecule has 3 aliphatic rings. The fourth-order valence-electron chi connectivity index (χ4n) is 7.12. The maximum atomic E-state index is 13.9. The van der Waals surface area contributed by atoms with Crippen molar-refractivity contribution in [2.75, 3.05) is 53.2 Å². The molecule has 5 rings (SSSR count). The lowest BCUT2D eigenvalue weighted by Crippen LogP contribution is -2.56. The summed E-state index contributed by atoms with van der Waals surface area (Å²) in [4.78, 5) is 65.7. The van der Waals surface area contributed by atoms with Crippen LogP contribution < -0.4 is 21.1 Å². The average molecular weight is 774 g/mol. The monoisotopic (exact) mass is 773 g/mol. The number of methoxy groups -OCH3 is 1. The number of aliphatic hydroxyl groups is 3. The van der Waals surface area contributed by atoms with E-state index in [1.165, 1.54) is 32.2 Å². The predicted molar refractivity (Wildman–Crippen MR) is 189 cm³/mol. The molecular formula is C37H47N3O15. The van der Waals surface area contributed by atoms with E-state index in [9.17, 15) is 49.5 Å². The molecule has 55 heavy (non-hydrogen) atoms. The van der Waals surface area contributed by atoms with Gasteiger partial charge in [0.2, 0.25) is 17.6 Å². The van der Waals surface area contributed by atoms with Crippen molar-refractivity contribution in [2.24, 2.45) is 5.73 Å². The van der Waals surface area contributed by atoms with Crippen LogP contribution >= 0.6 is 0 Å². The second-order valence-corrected chi connectivity index (χ2v) is 13.5. The van der Waals surface area contributed by atoms with Crippen LogP contribution in [0.25, 0.3) is 0 Å². The Labute approximate surface area is 315 Å². The number of ether oxygens (including phenoxy) is 5. The number of fused-ring (bicyclic) bond motifs is 3. The van der Waals surface area contributed by atoms with Gasteiger partial charge in [0, 0.05) is 61.9 Å². The third-order valence-corrected chi connectivity index (χ3v) is 9.89. The van der Waals surface area contributed by atoms with Gasteiger partial charge in [0.15, 0.2) is 17.9 Å². The van der Waals surface area contributed by atoms with Crippen LogP contribution in [0, 0.1) is 0 Å². The van der Waals surface area contributed by atoms with Crippen molar-refractivity contribution < 1.29 is 73.2 Å². The first-order chi connectivity index (χ1) is 26.3. The van der Waals surface area contributed by atoms with Gasteiger partial charge in [-0.3, -0.25) is 24.0 Å². The van der Waals surface area contributed by atoms with E-state index in [-0.39, 0.29) is 60.4 Å². The number of ketones is 3. The van der Waals surface area contributed by atoms with Crippen LogP contribution in [0.15, 0.2) is 18.2 Å². The van der Waals surface area contributed by atoms with E-state index in [4.69, 9.17) is 29.4 Å². The van der Waals surface area contributed by atoms with Gasteiger partial charge in [0.05, 0.1) is 68.5 Å². The molecule has 18 nitrogen and oxygen atoms in total. The van der Waals surface area contributed by atoms with Crippen LogP contribution in [0.5, 0.6) is 17.2 Å². The van der Waals surface area contributed by atoms with Crippen LogP contribution in [0.2, 0.25) is 0 Å². The van der Waals surface area contributed by atoms with Gasteiger partial charge in [-0.2, -0.15) is 0 Å². The molecule has 1 saturated heterocycles. The van der Waals surface area contributed by atoms with Crippen molar-refractivity contribution in [3.8, 4) is 17.2 Å². The number of nitrogens with two attached hydrogens (primary N) is 1. The summed E-state index contributed by atoms with van der Waals surface area (Å²) in [6, 6.07) is 3.32. The van der Waals surface area contributed by atoms with E-state index >= 15 is 0 Å². The molecule has 9 N–H and O–H groups in total. The molecule has 2 amide bonds. The average Bonchev–Trinajstić information content (AvgIpc) is 3.16. The van der Waals surface area contributed by atoms with Crippen molar-refractivity contribution in [1.29, 1.82) is 0 Å². The van der Waals surface area contributed by atoms with Crippen molar-refractivity contribution >= 4 is 29.2 Å². The van der Waals surface area contributed by atoms with Gasteiger partial charge in [-0.05, 0) is 13.0 Å². The summed E-state index contributed by atoms with van der Waals surface area (Å²) >= 11 is 0. The van der Waals surface area contributed by atoms with Crippen LogP contribution in [0.3, 0.4) is 0 Å². The highest BCUT2D eigenvalue weighted by atomic mass is 16.7. The maximum absolute atomic E-state index is 13.9. The number of Topliss-reactive ketones (excluding diaryl/α,β-unsaturated/α-hetero) is 1. The lowest BCUT2D eigenvalue weighted by molar-refractivity contribution is -0.249. The number of amides is 2.